The summed E-state index contributed by atoms with van der Waals surface area (Å²) >= 11 is 1.72. The molecular formula is C20H17FN2S. The van der Waals surface area contributed by atoms with Gasteiger partial charge in [0.05, 0.1) is 6.04 Å². The molecule has 0 aliphatic rings. The largest absolute Gasteiger partial charge is 0.373 e. The molecule has 2 heterocycles. The number of anilines is 1. The van der Waals surface area contributed by atoms with Crippen LogP contribution in [0.1, 0.15) is 22.2 Å². The predicted molar refractivity (Wildman–Crippen MR) is 99.2 cm³/mol. The SMILES string of the molecule is Cc1[nH]c2ccccc2c1C(Nc1ccc(F)cc1)c1cccs1. The van der Waals surface area contributed by atoms with Crippen LogP contribution in [0.25, 0.3) is 10.9 Å². The maximum atomic E-state index is 13.2. The average Bonchev–Trinajstić information content (AvgIpc) is 3.22. The summed E-state index contributed by atoms with van der Waals surface area (Å²) in [7, 11) is 0. The minimum Gasteiger partial charge on any atom is -0.373 e. The lowest BCUT2D eigenvalue weighted by Gasteiger charge is -2.20. The van der Waals surface area contributed by atoms with Gasteiger partial charge >= 0.3 is 0 Å². The molecule has 2 N–H and O–H groups in total. The Morgan fingerprint density at radius 1 is 1.00 bits per heavy atom. The van der Waals surface area contributed by atoms with Crippen LogP contribution in [-0.2, 0) is 0 Å². The molecule has 0 aliphatic heterocycles. The van der Waals surface area contributed by atoms with Gasteiger partial charge < -0.3 is 10.3 Å². The molecule has 0 aliphatic carbocycles. The second kappa shape index (κ2) is 6.13. The highest BCUT2D eigenvalue weighted by Gasteiger charge is 2.21. The number of aromatic amines is 1. The lowest BCUT2D eigenvalue weighted by Crippen LogP contribution is -2.12. The smallest absolute Gasteiger partial charge is 0.123 e. The number of halogens is 1. The van der Waals surface area contributed by atoms with Crippen molar-refractivity contribution in [1.29, 1.82) is 0 Å². The summed E-state index contributed by atoms with van der Waals surface area (Å²) in [5.41, 5.74) is 4.41. The molecule has 1 unspecified atom stereocenters. The Bertz CT molecular complexity index is 955. The molecule has 24 heavy (non-hydrogen) atoms. The van der Waals surface area contributed by atoms with Gasteiger partial charge in [0, 0.05) is 32.7 Å². The number of H-pyrrole nitrogens is 1. The lowest BCUT2D eigenvalue weighted by atomic mass is 10.0. The van der Waals surface area contributed by atoms with E-state index in [0.717, 1.165) is 16.9 Å². The van der Waals surface area contributed by atoms with E-state index in [9.17, 15) is 4.39 Å². The minimum absolute atomic E-state index is 0.0200. The highest BCUT2D eigenvalue weighted by atomic mass is 32.1. The fourth-order valence-corrected chi connectivity index (χ4v) is 3.91. The summed E-state index contributed by atoms with van der Waals surface area (Å²) in [6, 6.07) is 19.1. The number of nitrogens with one attached hydrogen (secondary N) is 2. The van der Waals surface area contributed by atoms with E-state index in [0.29, 0.717) is 0 Å². The standard InChI is InChI=1S/C20H17FN2S/c1-13-19(16-5-2-3-6-17(16)22-13)20(18-7-4-12-24-18)23-15-10-8-14(21)9-11-15/h2-12,20,22-23H,1H3. The molecule has 4 aromatic rings. The summed E-state index contributed by atoms with van der Waals surface area (Å²) in [6.45, 7) is 2.10. The molecular weight excluding hydrogens is 319 g/mol. The maximum absolute atomic E-state index is 13.2. The Labute approximate surface area is 144 Å². The molecule has 0 spiro atoms. The van der Waals surface area contributed by atoms with Crippen LogP contribution in [0.2, 0.25) is 0 Å². The van der Waals surface area contributed by atoms with Gasteiger partial charge in [-0.25, -0.2) is 4.39 Å². The van der Waals surface area contributed by atoms with Crippen molar-refractivity contribution in [2.45, 2.75) is 13.0 Å². The van der Waals surface area contributed by atoms with Crippen molar-refractivity contribution in [3.8, 4) is 0 Å². The summed E-state index contributed by atoms with van der Waals surface area (Å²) in [5, 5.41) is 6.86. The molecule has 2 aromatic heterocycles. The number of rotatable bonds is 4. The summed E-state index contributed by atoms with van der Waals surface area (Å²) < 4.78 is 13.2. The van der Waals surface area contributed by atoms with Gasteiger partial charge in [0.25, 0.3) is 0 Å². The van der Waals surface area contributed by atoms with Crippen LogP contribution in [0.15, 0.2) is 66.0 Å². The summed E-state index contributed by atoms with van der Waals surface area (Å²) in [5.74, 6) is -0.225. The zero-order valence-corrected chi connectivity index (χ0v) is 14.0. The highest BCUT2D eigenvalue weighted by molar-refractivity contribution is 7.10. The molecule has 2 aromatic carbocycles. The van der Waals surface area contributed by atoms with Gasteiger partial charge in [-0.1, -0.05) is 24.3 Å². The number of aryl methyl sites for hydroxylation is 1. The van der Waals surface area contributed by atoms with Crippen LogP contribution in [0.3, 0.4) is 0 Å². The third kappa shape index (κ3) is 2.69. The minimum atomic E-state index is -0.225. The van der Waals surface area contributed by atoms with E-state index in [2.05, 4.69) is 52.9 Å². The zero-order valence-electron chi connectivity index (χ0n) is 13.2. The van der Waals surface area contributed by atoms with E-state index in [-0.39, 0.29) is 11.9 Å². The fraction of sp³-hybridized carbons (Fsp3) is 0.100. The average molecular weight is 336 g/mol. The first-order valence-corrected chi connectivity index (χ1v) is 8.73. The topological polar surface area (TPSA) is 27.8 Å². The van der Waals surface area contributed by atoms with Crippen molar-refractivity contribution in [3.05, 3.63) is 88.0 Å². The normalized spacial score (nSPS) is 12.4. The van der Waals surface area contributed by atoms with E-state index < -0.39 is 0 Å². The van der Waals surface area contributed by atoms with Crippen molar-refractivity contribution in [2.75, 3.05) is 5.32 Å². The van der Waals surface area contributed by atoms with Crippen molar-refractivity contribution in [3.63, 3.8) is 0 Å². The van der Waals surface area contributed by atoms with Gasteiger partial charge in [0.1, 0.15) is 5.82 Å². The Morgan fingerprint density at radius 2 is 1.79 bits per heavy atom. The number of fused-ring (bicyclic) bond motifs is 1. The zero-order chi connectivity index (χ0) is 16.5. The fourth-order valence-electron chi connectivity index (χ4n) is 3.12. The lowest BCUT2D eigenvalue weighted by molar-refractivity contribution is 0.628. The van der Waals surface area contributed by atoms with Gasteiger partial charge in [0.15, 0.2) is 0 Å². The van der Waals surface area contributed by atoms with Crippen LogP contribution in [0.4, 0.5) is 10.1 Å². The molecule has 0 bridgehead atoms. The molecule has 0 amide bonds. The highest BCUT2D eigenvalue weighted by Crippen LogP contribution is 2.36. The third-order valence-corrected chi connectivity index (χ3v) is 5.15. The molecule has 0 saturated heterocycles. The van der Waals surface area contributed by atoms with Gasteiger partial charge in [-0.3, -0.25) is 0 Å². The first kappa shape index (κ1) is 15.0. The number of hydrogen-bond acceptors (Lipinski definition) is 2. The number of thiophene rings is 1. The summed E-state index contributed by atoms with van der Waals surface area (Å²) in [6.07, 6.45) is 0. The molecule has 4 rings (SSSR count). The molecule has 0 fully saturated rings. The van der Waals surface area contributed by atoms with Crippen molar-refractivity contribution < 1.29 is 4.39 Å². The van der Waals surface area contributed by atoms with Crippen LogP contribution in [-0.4, -0.2) is 4.98 Å². The molecule has 0 saturated carbocycles. The maximum Gasteiger partial charge on any atom is 0.123 e. The van der Waals surface area contributed by atoms with Crippen molar-refractivity contribution in [2.24, 2.45) is 0 Å². The van der Waals surface area contributed by atoms with Crippen molar-refractivity contribution in [1.82, 2.24) is 4.98 Å². The van der Waals surface area contributed by atoms with Gasteiger partial charge in [-0.05, 0) is 48.7 Å². The number of aromatic nitrogens is 1. The van der Waals surface area contributed by atoms with Gasteiger partial charge in [0.2, 0.25) is 0 Å². The number of hydrogen-bond donors (Lipinski definition) is 2. The second-order valence-corrected chi connectivity index (χ2v) is 6.79. The Balaban J connectivity index is 1.83. The molecule has 120 valence electrons. The first-order chi connectivity index (χ1) is 11.7. The van der Waals surface area contributed by atoms with Gasteiger partial charge in [-0.2, -0.15) is 0 Å². The Morgan fingerprint density at radius 3 is 2.54 bits per heavy atom. The molecule has 4 heteroatoms. The van der Waals surface area contributed by atoms with Crippen molar-refractivity contribution >= 4 is 27.9 Å². The molecule has 0 radical (unpaired) electrons. The van der Waals surface area contributed by atoms with E-state index in [1.54, 1.807) is 23.5 Å². The van der Waals surface area contributed by atoms with Gasteiger partial charge in [-0.15, -0.1) is 11.3 Å². The van der Waals surface area contributed by atoms with Crippen LogP contribution < -0.4 is 5.32 Å². The third-order valence-electron chi connectivity index (χ3n) is 4.22. The van der Waals surface area contributed by atoms with E-state index in [1.807, 2.05) is 6.07 Å². The number of benzene rings is 2. The monoisotopic (exact) mass is 336 g/mol. The van der Waals surface area contributed by atoms with E-state index in [1.165, 1.54) is 28.0 Å². The second-order valence-electron chi connectivity index (χ2n) is 5.81. The van der Waals surface area contributed by atoms with Crippen LogP contribution >= 0.6 is 11.3 Å². The van der Waals surface area contributed by atoms with E-state index >= 15 is 0 Å². The van der Waals surface area contributed by atoms with E-state index in [4.69, 9.17) is 0 Å². The summed E-state index contributed by atoms with van der Waals surface area (Å²) in [4.78, 5) is 4.70. The Hall–Kier alpha value is -2.59. The first-order valence-electron chi connectivity index (χ1n) is 7.85. The molecule has 1 atom stereocenters. The Kier molecular flexibility index (Phi) is 3.82. The quantitative estimate of drug-likeness (QED) is 0.478. The number of para-hydroxylation sites is 1. The predicted octanol–water partition coefficient (Wildman–Crippen LogP) is 5.88. The van der Waals surface area contributed by atoms with Crippen LogP contribution in [0, 0.1) is 12.7 Å². The van der Waals surface area contributed by atoms with Crippen LogP contribution in [0.5, 0.6) is 0 Å². The molecule has 2 nitrogen and oxygen atoms in total.